The van der Waals surface area contributed by atoms with Gasteiger partial charge in [-0.2, -0.15) is 12.7 Å². The van der Waals surface area contributed by atoms with Crippen LogP contribution in [0.3, 0.4) is 0 Å². The molecule has 1 aliphatic rings. The SMILES string of the molecule is CNS(=O)(=O)N1CCc2ccc(OC)cc2C1C. The van der Waals surface area contributed by atoms with Crippen LogP contribution in [0.5, 0.6) is 5.75 Å². The van der Waals surface area contributed by atoms with Gasteiger partial charge in [0.05, 0.1) is 7.11 Å². The van der Waals surface area contributed by atoms with Gasteiger partial charge < -0.3 is 4.74 Å². The molecule has 5 nitrogen and oxygen atoms in total. The van der Waals surface area contributed by atoms with E-state index in [-0.39, 0.29) is 6.04 Å². The lowest BCUT2D eigenvalue weighted by Crippen LogP contribution is -2.44. The van der Waals surface area contributed by atoms with Crippen LogP contribution in [0.4, 0.5) is 0 Å². The zero-order chi connectivity index (χ0) is 13.3. The maximum absolute atomic E-state index is 11.9. The molecule has 1 unspecified atom stereocenters. The molecule has 0 amide bonds. The number of hydrogen-bond acceptors (Lipinski definition) is 3. The van der Waals surface area contributed by atoms with Crippen molar-refractivity contribution >= 4 is 10.2 Å². The van der Waals surface area contributed by atoms with Gasteiger partial charge in [0.15, 0.2) is 0 Å². The van der Waals surface area contributed by atoms with E-state index >= 15 is 0 Å². The molecule has 6 heteroatoms. The number of benzene rings is 1. The highest BCUT2D eigenvalue weighted by atomic mass is 32.2. The highest BCUT2D eigenvalue weighted by Crippen LogP contribution is 2.33. The zero-order valence-electron chi connectivity index (χ0n) is 10.8. The molecule has 0 saturated carbocycles. The average molecular weight is 270 g/mol. The summed E-state index contributed by atoms with van der Waals surface area (Å²) in [5.74, 6) is 0.754. The maximum atomic E-state index is 11.9. The normalized spacial score (nSPS) is 20.5. The Morgan fingerprint density at radius 1 is 1.44 bits per heavy atom. The van der Waals surface area contributed by atoms with Crippen molar-refractivity contribution in [2.75, 3.05) is 20.7 Å². The third-order valence-corrected chi connectivity index (χ3v) is 5.04. The smallest absolute Gasteiger partial charge is 0.279 e. The van der Waals surface area contributed by atoms with E-state index in [1.54, 1.807) is 7.11 Å². The van der Waals surface area contributed by atoms with Crippen molar-refractivity contribution in [2.45, 2.75) is 19.4 Å². The standard InChI is InChI=1S/C12H18N2O3S/c1-9-12-8-11(17-3)5-4-10(12)6-7-14(9)18(15,16)13-2/h4-5,8-9,13H,6-7H2,1-3H3. The van der Waals surface area contributed by atoms with E-state index in [2.05, 4.69) is 4.72 Å². The number of nitrogens with zero attached hydrogens (tertiary/aromatic N) is 1. The Hall–Kier alpha value is -1.11. The lowest BCUT2D eigenvalue weighted by atomic mass is 9.95. The van der Waals surface area contributed by atoms with Gasteiger partial charge in [-0.1, -0.05) is 6.07 Å². The summed E-state index contributed by atoms with van der Waals surface area (Å²) in [5, 5.41) is 0. The van der Waals surface area contributed by atoms with E-state index in [0.29, 0.717) is 6.54 Å². The Morgan fingerprint density at radius 2 is 2.17 bits per heavy atom. The van der Waals surface area contributed by atoms with Crippen molar-refractivity contribution in [1.82, 2.24) is 9.03 Å². The molecule has 0 spiro atoms. The molecule has 1 atom stereocenters. The Kier molecular flexibility index (Phi) is 3.61. The highest BCUT2D eigenvalue weighted by molar-refractivity contribution is 7.87. The molecule has 2 rings (SSSR count). The minimum absolute atomic E-state index is 0.179. The Balaban J connectivity index is 2.41. The highest BCUT2D eigenvalue weighted by Gasteiger charge is 2.31. The average Bonchev–Trinajstić information content (AvgIpc) is 2.38. The first-order valence-corrected chi connectivity index (χ1v) is 7.30. The van der Waals surface area contributed by atoms with Gasteiger partial charge in [-0.3, -0.25) is 0 Å². The number of fused-ring (bicyclic) bond motifs is 1. The molecule has 0 radical (unpaired) electrons. The second kappa shape index (κ2) is 4.87. The molecule has 100 valence electrons. The molecule has 1 heterocycles. The van der Waals surface area contributed by atoms with Crippen molar-refractivity contribution in [1.29, 1.82) is 0 Å². The molecule has 0 aromatic heterocycles. The fraction of sp³-hybridized carbons (Fsp3) is 0.500. The summed E-state index contributed by atoms with van der Waals surface area (Å²) >= 11 is 0. The molecule has 0 fully saturated rings. The van der Waals surface area contributed by atoms with E-state index in [4.69, 9.17) is 4.74 Å². The van der Waals surface area contributed by atoms with Gasteiger partial charge in [0.25, 0.3) is 10.2 Å². The molecule has 1 aromatic rings. The molecule has 1 aromatic carbocycles. The predicted molar refractivity (Wildman–Crippen MR) is 69.8 cm³/mol. The van der Waals surface area contributed by atoms with Gasteiger partial charge in [-0.25, -0.2) is 4.72 Å². The number of methoxy groups -OCH3 is 1. The van der Waals surface area contributed by atoms with Gasteiger partial charge in [-0.05, 0) is 36.6 Å². The number of rotatable bonds is 3. The summed E-state index contributed by atoms with van der Waals surface area (Å²) in [7, 11) is -0.348. The van der Waals surface area contributed by atoms with E-state index in [1.165, 1.54) is 16.9 Å². The first-order valence-electron chi connectivity index (χ1n) is 5.86. The van der Waals surface area contributed by atoms with Gasteiger partial charge in [0, 0.05) is 19.6 Å². The Bertz CT molecular complexity index is 542. The summed E-state index contributed by atoms with van der Waals surface area (Å²) in [6.45, 7) is 2.40. The lowest BCUT2D eigenvalue weighted by Gasteiger charge is -2.33. The van der Waals surface area contributed by atoms with E-state index < -0.39 is 10.2 Å². The van der Waals surface area contributed by atoms with Gasteiger partial charge in [-0.15, -0.1) is 0 Å². The number of nitrogens with one attached hydrogen (secondary N) is 1. The third-order valence-electron chi connectivity index (χ3n) is 3.40. The molecule has 18 heavy (non-hydrogen) atoms. The zero-order valence-corrected chi connectivity index (χ0v) is 11.6. The Labute approximate surface area is 108 Å². The minimum Gasteiger partial charge on any atom is -0.497 e. The van der Waals surface area contributed by atoms with E-state index in [1.807, 2.05) is 25.1 Å². The van der Waals surface area contributed by atoms with Crippen LogP contribution in [0.1, 0.15) is 24.1 Å². The summed E-state index contributed by atoms with van der Waals surface area (Å²) in [6.07, 6.45) is 0.727. The molecule has 0 aliphatic carbocycles. The lowest BCUT2D eigenvalue weighted by molar-refractivity contribution is 0.321. The Morgan fingerprint density at radius 3 is 2.78 bits per heavy atom. The fourth-order valence-electron chi connectivity index (χ4n) is 2.34. The van der Waals surface area contributed by atoms with Crippen LogP contribution in [0.25, 0.3) is 0 Å². The predicted octanol–water partition coefficient (Wildman–Crippen LogP) is 1.08. The van der Waals surface area contributed by atoms with Crippen molar-refractivity contribution in [2.24, 2.45) is 0 Å². The molecule has 1 aliphatic heterocycles. The van der Waals surface area contributed by atoms with Crippen LogP contribution in [-0.2, 0) is 16.6 Å². The van der Waals surface area contributed by atoms with Crippen molar-refractivity contribution in [3.63, 3.8) is 0 Å². The second-order valence-electron chi connectivity index (χ2n) is 4.31. The third kappa shape index (κ3) is 2.23. The quantitative estimate of drug-likeness (QED) is 0.894. The van der Waals surface area contributed by atoms with Crippen LogP contribution >= 0.6 is 0 Å². The topological polar surface area (TPSA) is 58.6 Å². The van der Waals surface area contributed by atoms with Gasteiger partial charge >= 0.3 is 0 Å². The molecular weight excluding hydrogens is 252 g/mol. The maximum Gasteiger partial charge on any atom is 0.279 e. The van der Waals surface area contributed by atoms with Crippen molar-refractivity contribution < 1.29 is 13.2 Å². The van der Waals surface area contributed by atoms with Crippen LogP contribution in [0.15, 0.2) is 18.2 Å². The molecular formula is C12H18N2O3S. The summed E-state index contributed by atoms with van der Waals surface area (Å²) in [6, 6.07) is 5.65. The fourth-order valence-corrected chi connectivity index (χ4v) is 3.44. The van der Waals surface area contributed by atoms with E-state index in [0.717, 1.165) is 17.7 Å². The molecule has 0 saturated heterocycles. The van der Waals surface area contributed by atoms with Gasteiger partial charge in [0.1, 0.15) is 5.75 Å². The number of ether oxygens (including phenoxy) is 1. The van der Waals surface area contributed by atoms with Crippen molar-refractivity contribution in [3.05, 3.63) is 29.3 Å². The van der Waals surface area contributed by atoms with Crippen LogP contribution in [0.2, 0.25) is 0 Å². The van der Waals surface area contributed by atoms with Crippen LogP contribution in [0, 0.1) is 0 Å². The number of hydrogen-bond donors (Lipinski definition) is 1. The van der Waals surface area contributed by atoms with Crippen LogP contribution in [-0.4, -0.2) is 33.4 Å². The van der Waals surface area contributed by atoms with Crippen molar-refractivity contribution in [3.8, 4) is 5.75 Å². The summed E-state index contributed by atoms with van der Waals surface area (Å²) < 4.78 is 32.9. The summed E-state index contributed by atoms with van der Waals surface area (Å²) in [4.78, 5) is 0. The minimum atomic E-state index is -3.39. The summed E-state index contributed by atoms with van der Waals surface area (Å²) in [5.41, 5.74) is 2.20. The molecule has 0 bridgehead atoms. The molecule has 1 N–H and O–H groups in total. The van der Waals surface area contributed by atoms with Gasteiger partial charge in [0.2, 0.25) is 0 Å². The van der Waals surface area contributed by atoms with E-state index in [9.17, 15) is 8.42 Å². The largest absolute Gasteiger partial charge is 0.497 e. The van der Waals surface area contributed by atoms with Crippen LogP contribution < -0.4 is 9.46 Å². The first kappa shape index (κ1) is 13.3. The monoisotopic (exact) mass is 270 g/mol. The first-order chi connectivity index (χ1) is 8.49. The second-order valence-corrected chi connectivity index (χ2v) is 6.14.